The molecule has 8 heteroatoms. The topological polar surface area (TPSA) is 101 Å². The van der Waals surface area contributed by atoms with E-state index in [1.807, 2.05) is 16.8 Å². The highest BCUT2D eigenvalue weighted by molar-refractivity contribution is 7.08. The van der Waals surface area contributed by atoms with Crippen LogP contribution >= 0.6 is 11.3 Å². The summed E-state index contributed by atoms with van der Waals surface area (Å²) in [7, 11) is 0. The van der Waals surface area contributed by atoms with Crippen molar-refractivity contribution in [2.24, 2.45) is 0 Å². The van der Waals surface area contributed by atoms with E-state index in [1.165, 1.54) is 23.7 Å². The Morgan fingerprint density at radius 3 is 2.84 bits per heavy atom. The fraction of sp³-hybridized carbons (Fsp3) is 0.176. The molecule has 0 radical (unpaired) electrons. The number of ether oxygens (including phenoxy) is 1. The maximum atomic E-state index is 12.6. The zero-order valence-electron chi connectivity index (χ0n) is 13.4. The Kier molecular flexibility index (Phi) is 4.90. The number of hydrogen-bond donors (Lipinski definition) is 2. The molecule has 0 saturated carbocycles. The summed E-state index contributed by atoms with van der Waals surface area (Å²) in [6.07, 6.45) is 2.95. The van der Waals surface area contributed by atoms with Gasteiger partial charge in [0, 0.05) is 18.0 Å². The minimum Gasteiger partial charge on any atom is -0.506 e. The molecule has 25 heavy (non-hydrogen) atoms. The number of carbonyl (C=O) groups is 2. The van der Waals surface area contributed by atoms with Gasteiger partial charge < -0.3 is 15.2 Å². The van der Waals surface area contributed by atoms with Gasteiger partial charge in [0.1, 0.15) is 23.4 Å². The number of hydrogen-bond acceptors (Lipinski definition) is 7. The molecule has 7 nitrogen and oxygen atoms in total. The van der Waals surface area contributed by atoms with Crippen molar-refractivity contribution < 1.29 is 19.4 Å². The summed E-state index contributed by atoms with van der Waals surface area (Å²) >= 11 is 1.47. The first-order chi connectivity index (χ1) is 12.1. The van der Waals surface area contributed by atoms with Crippen molar-refractivity contribution in [3.8, 4) is 16.9 Å². The minimum atomic E-state index is -0.617. The van der Waals surface area contributed by atoms with Gasteiger partial charge in [0.2, 0.25) is 0 Å². The lowest BCUT2D eigenvalue weighted by Crippen LogP contribution is -2.31. The van der Waals surface area contributed by atoms with Crippen molar-refractivity contribution >= 4 is 34.2 Å². The molecule has 0 spiro atoms. The third kappa shape index (κ3) is 3.43. The first-order valence-electron chi connectivity index (χ1n) is 7.55. The van der Waals surface area contributed by atoms with Crippen LogP contribution in [0.2, 0.25) is 0 Å². The number of benzene rings is 1. The van der Waals surface area contributed by atoms with Gasteiger partial charge in [0.25, 0.3) is 5.91 Å². The number of rotatable bonds is 5. The van der Waals surface area contributed by atoms with Gasteiger partial charge in [-0.1, -0.05) is 0 Å². The van der Waals surface area contributed by atoms with Gasteiger partial charge in [-0.15, -0.1) is 0 Å². The number of fused-ring (bicyclic) bond motifs is 1. The third-order valence-electron chi connectivity index (χ3n) is 3.49. The van der Waals surface area contributed by atoms with E-state index in [4.69, 9.17) is 4.74 Å². The molecule has 0 fully saturated rings. The first-order valence-corrected chi connectivity index (χ1v) is 8.49. The molecule has 3 rings (SSSR count). The fourth-order valence-electron chi connectivity index (χ4n) is 2.40. The molecule has 0 atom stereocenters. The summed E-state index contributed by atoms with van der Waals surface area (Å²) in [6.45, 7) is 1.61. The number of phenolic OH excluding ortho intramolecular Hbond substituents is 1. The molecule has 1 amide bonds. The highest BCUT2D eigenvalue weighted by Crippen LogP contribution is 2.37. The molecule has 1 aromatic carbocycles. The Morgan fingerprint density at radius 2 is 2.12 bits per heavy atom. The number of thiophene rings is 1. The predicted octanol–water partition coefficient (Wildman–Crippen LogP) is 2.36. The van der Waals surface area contributed by atoms with E-state index in [9.17, 15) is 14.7 Å². The molecular formula is C17H15N3O4S. The first kappa shape index (κ1) is 16.8. The summed E-state index contributed by atoms with van der Waals surface area (Å²) in [5.41, 5.74) is 1.98. The highest BCUT2D eigenvalue weighted by Gasteiger charge is 2.22. The third-order valence-corrected chi connectivity index (χ3v) is 4.18. The lowest BCUT2D eigenvalue weighted by molar-refractivity contribution is -0.141. The zero-order chi connectivity index (χ0) is 17.8. The van der Waals surface area contributed by atoms with Crippen LogP contribution in [0.25, 0.3) is 22.2 Å². The number of aromatic nitrogens is 2. The molecule has 0 bridgehead atoms. The Balaban J connectivity index is 2.05. The van der Waals surface area contributed by atoms with Crippen LogP contribution in [0, 0.1) is 0 Å². The number of nitrogens with one attached hydrogen (secondary N) is 1. The van der Waals surface area contributed by atoms with Gasteiger partial charge in [-0.2, -0.15) is 11.3 Å². The fourth-order valence-corrected chi connectivity index (χ4v) is 3.06. The summed E-state index contributed by atoms with van der Waals surface area (Å²) < 4.78 is 4.79. The SMILES string of the molecule is CCOC(=O)CNC(=O)c1c(O)c(-c2ccsc2)cc2nccnc12. The molecular weight excluding hydrogens is 342 g/mol. The molecule has 2 N–H and O–H groups in total. The standard InChI is InChI=1S/C17H15N3O4S/c1-2-24-13(21)8-20-17(23)14-15-12(18-4-5-19-15)7-11(16(14)22)10-3-6-25-9-10/h3-7,9,22H,2,8H2,1H3,(H,20,23). The normalized spacial score (nSPS) is 10.6. The second-order valence-corrected chi connectivity index (χ2v) is 5.85. The van der Waals surface area contributed by atoms with Gasteiger partial charge in [0.15, 0.2) is 0 Å². The van der Waals surface area contributed by atoms with Crippen molar-refractivity contribution in [2.75, 3.05) is 13.2 Å². The van der Waals surface area contributed by atoms with Gasteiger partial charge in [-0.3, -0.25) is 19.6 Å². The van der Waals surface area contributed by atoms with Crippen molar-refractivity contribution in [1.29, 1.82) is 0 Å². The summed E-state index contributed by atoms with van der Waals surface area (Å²) in [5.74, 6) is -1.37. The smallest absolute Gasteiger partial charge is 0.325 e. The van der Waals surface area contributed by atoms with Crippen LogP contribution in [0.1, 0.15) is 17.3 Å². The van der Waals surface area contributed by atoms with E-state index in [0.29, 0.717) is 11.1 Å². The van der Waals surface area contributed by atoms with Gasteiger partial charge >= 0.3 is 5.97 Å². The lowest BCUT2D eigenvalue weighted by atomic mass is 10.0. The number of phenols is 1. The second kappa shape index (κ2) is 7.27. The number of aromatic hydroxyl groups is 1. The van der Waals surface area contributed by atoms with E-state index in [-0.39, 0.29) is 30.0 Å². The maximum Gasteiger partial charge on any atom is 0.325 e. The quantitative estimate of drug-likeness (QED) is 0.680. The Hall–Kier alpha value is -3.00. The molecule has 0 aliphatic carbocycles. The van der Waals surface area contributed by atoms with Crippen LogP contribution in [0.4, 0.5) is 0 Å². The van der Waals surface area contributed by atoms with E-state index in [1.54, 1.807) is 13.0 Å². The highest BCUT2D eigenvalue weighted by atomic mass is 32.1. The average molecular weight is 357 g/mol. The van der Waals surface area contributed by atoms with Crippen LogP contribution < -0.4 is 5.32 Å². The summed E-state index contributed by atoms with van der Waals surface area (Å²) in [4.78, 5) is 32.4. The van der Waals surface area contributed by atoms with Crippen LogP contribution in [-0.2, 0) is 9.53 Å². The van der Waals surface area contributed by atoms with Crippen molar-refractivity contribution in [2.45, 2.75) is 6.92 Å². The lowest BCUT2D eigenvalue weighted by Gasteiger charge is -2.12. The molecule has 0 aliphatic rings. The van der Waals surface area contributed by atoms with Crippen LogP contribution in [0.5, 0.6) is 5.75 Å². The number of carbonyl (C=O) groups excluding carboxylic acids is 2. The van der Waals surface area contributed by atoms with Gasteiger partial charge in [0.05, 0.1) is 12.1 Å². The van der Waals surface area contributed by atoms with Crippen molar-refractivity contribution in [3.63, 3.8) is 0 Å². The summed E-state index contributed by atoms with van der Waals surface area (Å²) in [5, 5.41) is 16.8. The predicted molar refractivity (Wildman–Crippen MR) is 93.5 cm³/mol. The Bertz CT molecular complexity index is 925. The van der Waals surface area contributed by atoms with E-state index in [2.05, 4.69) is 15.3 Å². The molecule has 0 unspecified atom stereocenters. The van der Waals surface area contributed by atoms with Gasteiger partial charge in [-0.05, 0) is 35.4 Å². The number of amides is 1. The Labute approximate surface area is 147 Å². The molecule has 0 aliphatic heterocycles. The Morgan fingerprint density at radius 1 is 1.32 bits per heavy atom. The van der Waals surface area contributed by atoms with E-state index >= 15 is 0 Å². The average Bonchev–Trinajstić information content (AvgIpc) is 3.14. The molecule has 2 heterocycles. The van der Waals surface area contributed by atoms with Crippen molar-refractivity contribution in [1.82, 2.24) is 15.3 Å². The molecule has 0 saturated heterocycles. The van der Waals surface area contributed by atoms with Crippen molar-refractivity contribution in [3.05, 3.63) is 40.8 Å². The summed E-state index contributed by atoms with van der Waals surface area (Å²) in [6, 6.07) is 3.52. The second-order valence-electron chi connectivity index (χ2n) is 5.07. The molecule has 2 aromatic heterocycles. The van der Waals surface area contributed by atoms with Crippen LogP contribution in [0.3, 0.4) is 0 Å². The molecule has 3 aromatic rings. The van der Waals surface area contributed by atoms with Crippen LogP contribution in [0.15, 0.2) is 35.3 Å². The van der Waals surface area contributed by atoms with E-state index < -0.39 is 11.9 Å². The number of nitrogens with zero attached hydrogens (tertiary/aromatic N) is 2. The van der Waals surface area contributed by atoms with E-state index in [0.717, 1.165) is 5.56 Å². The van der Waals surface area contributed by atoms with Crippen LogP contribution in [-0.4, -0.2) is 40.1 Å². The maximum absolute atomic E-state index is 12.6. The number of esters is 1. The van der Waals surface area contributed by atoms with Gasteiger partial charge in [-0.25, -0.2) is 0 Å². The largest absolute Gasteiger partial charge is 0.506 e. The monoisotopic (exact) mass is 357 g/mol. The molecule has 128 valence electrons. The minimum absolute atomic E-state index is 0.0175. The zero-order valence-corrected chi connectivity index (χ0v) is 14.2.